The lowest BCUT2D eigenvalue weighted by Gasteiger charge is -2.18. The zero-order valence-electron chi connectivity index (χ0n) is 12.4. The Kier molecular flexibility index (Phi) is 3.67. The summed E-state index contributed by atoms with van der Waals surface area (Å²) in [5, 5.41) is 6.17. The first-order chi connectivity index (χ1) is 10.1. The zero-order chi connectivity index (χ0) is 15.0. The van der Waals surface area contributed by atoms with Crippen molar-refractivity contribution in [3.05, 3.63) is 11.4 Å². The summed E-state index contributed by atoms with van der Waals surface area (Å²) in [5.41, 5.74) is 3.44. The fourth-order valence-corrected chi connectivity index (χ4v) is 2.16. The fraction of sp³-hybridized carbons (Fsp3) is 0.643. The van der Waals surface area contributed by atoms with Gasteiger partial charge in [0.2, 0.25) is 5.91 Å². The van der Waals surface area contributed by atoms with Crippen molar-refractivity contribution >= 4 is 17.5 Å². The van der Waals surface area contributed by atoms with E-state index >= 15 is 0 Å². The van der Waals surface area contributed by atoms with Gasteiger partial charge in [-0.3, -0.25) is 4.79 Å². The molecule has 2 fully saturated rings. The monoisotopic (exact) mass is 290 g/mol. The minimum atomic E-state index is -0.336. The highest BCUT2D eigenvalue weighted by Crippen LogP contribution is 2.39. The number of nitrogens with zero attached hydrogens (tertiary/aromatic N) is 2. The quantitative estimate of drug-likeness (QED) is 0.461. The van der Waals surface area contributed by atoms with Crippen LogP contribution in [0.3, 0.4) is 0 Å². The van der Waals surface area contributed by atoms with Gasteiger partial charge in [-0.05, 0) is 39.5 Å². The zero-order valence-corrected chi connectivity index (χ0v) is 12.4. The van der Waals surface area contributed by atoms with E-state index in [0.717, 1.165) is 37.1 Å². The Morgan fingerprint density at radius 1 is 1.24 bits per heavy atom. The van der Waals surface area contributed by atoms with Crippen LogP contribution in [0.2, 0.25) is 0 Å². The molecule has 2 aliphatic carbocycles. The molecular formula is C14H22N6O. The summed E-state index contributed by atoms with van der Waals surface area (Å²) in [6.07, 6.45) is 4.39. The van der Waals surface area contributed by atoms with E-state index in [9.17, 15) is 4.79 Å². The number of aromatic nitrogens is 2. The standard InChI is InChI=1S/C14H22N6O/c1-7-11(16-8(2)14(21)17-10-5-6-10)18-13(9-3-4-9)19-12(7)20-15/h8-10H,3-6,15H2,1-2H3,(H,17,21)(H2,16,18,19,20). The van der Waals surface area contributed by atoms with Crippen LogP contribution in [0.25, 0.3) is 0 Å². The molecule has 114 valence electrons. The maximum Gasteiger partial charge on any atom is 0.242 e. The number of anilines is 2. The van der Waals surface area contributed by atoms with Crippen molar-refractivity contribution < 1.29 is 4.79 Å². The Bertz CT molecular complexity index is 553. The molecule has 5 N–H and O–H groups in total. The van der Waals surface area contributed by atoms with Gasteiger partial charge in [-0.1, -0.05) is 0 Å². The first-order valence-electron chi connectivity index (χ1n) is 7.50. The molecule has 0 aliphatic heterocycles. The van der Waals surface area contributed by atoms with Crippen molar-refractivity contribution in [2.75, 3.05) is 10.7 Å². The smallest absolute Gasteiger partial charge is 0.242 e. The van der Waals surface area contributed by atoms with Gasteiger partial charge < -0.3 is 16.1 Å². The van der Waals surface area contributed by atoms with Crippen LogP contribution in [0.15, 0.2) is 0 Å². The summed E-state index contributed by atoms with van der Waals surface area (Å²) in [7, 11) is 0. The number of hydrogen-bond acceptors (Lipinski definition) is 6. The normalized spacial score (nSPS) is 19.0. The molecule has 0 radical (unpaired) electrons. The molecule has 1 amide bonds. The second kappa shape index (κ2) is 5.48. The van der Waals surface area contributed by atoms with E-state index in [-0.39, 0.29) is 11.9 Å². The highest BCUT2D eigenvalue weighted by atomic mass is 16.2. The maximum atomic E-state index is 12.0. The third kappa shape index (κ3) is 3.24. The Balaban J connectivity index is 1.76. The van der Waals surface area contributed by atoms with Gasteiger partial charge >= 0.3 is 0 Å². The average Bonchev–Trinajstić information content (AvgIpc) is 3.34. The van der Waals surface area contributed by atoms with E-state index in [1.54, 1.807) is 0 Å². The third-order valence-electron chi connectivity index (χ3n) is 3.91. The van der Waals surface area contributed by atoms with E-state index in [0.29, 0.717) is 23.6 Å². The van der Waals surface area contributed by atoms with Gasteiger partial charge in [0.05, 0.1) is 0 Å². The lowest BCUT2D eigenvalue weighted by Crippen LogP contribution is -2.39. The summed E-state index contributed by atoms with van der Waals surface area (Å²) in [5.74, 6) is 8.05. The minimum absolute atomic E-state index is 0.00532. The molecule has 1 aromatic heterocycles. The Hall–Kier alpha value is -1.89. The first kappa shape index (κ1) is 14.1. The largest absolute Gasteiger partial charge is 0.358 e. The van der Waals surface area contributed by atoms with E-state index in [1.165, 1.54) is 0 Å². The predicted molar refractivity (Wildman–Crippen MR) is 80.8 cm³/mol. The van der Waals surface area contributed by atoms with E-state index in [2.05, 4.69) is 26.0 Å². The first-order valence-corrected chi connectivity index (χ1v) is 7.50. The average molecular weight is 290 g/mol. The number of hydrazine groups is 1. The van der Waals surface area contributed by atoms with Gasteiger partial charge in [0.15, 0.2) is 0 Å². The molecule has 1 aromatic rings. The van der Waals surface area contributed by atoms with Crippen molar-refractivity contribution in [3.63, 3.8) is 0 Å². The number of nitrogen functional groups attached to an aromatic ring is 1. The Morgan fingerprint density at radius 3 is 2.48 bits per heavy atom. The Labute approximate surface area is 124 Å². The van der Waals surface area contributed by atoms with Gasteiger partial charge in [-0.15, -0.1) is 0 Å². The lowest BCUT2D eigenvalue weighted by molar-refractivity contribution is -0.121. The molecule has 0 aromatic carbocycles. The van der Waals surface area contributed by atoms with Crippen LogP contribution in [0.1, 0.15) is 49.9 Å². The van der Waals surface area contributed by atoms with E-state index in [4.69, 9.17) is 5.84 Å². The number of carbonyl (C=O) groups excluding carboxylic acids is 1. The minimum Gasteiger partial charge on any atom is -0.358 e. The molecule has 7 heteroatoms. The molecule has 1 heterocycles. The molecule has 1 unspecified atom stereocenters. The number of nitrogens with two attached hydrogens (primary N) is 1. The van der Waals surface area contributed by atoms with Crippen molar-refractivity contribution in [1.29, 1.82) is 0 Å². The van der Waals surface area contributed by atoms with Crippen LogP contribution in [-0.2, 0) is 4.79 Å². The highest BCUT2D eigenvalue weighted by Gasteiger charge is 2.29. The topological polar surface area (TPSA) is 105 Å². The summed E-state index contributed by atoms with van der Waals surface area (Å²) in [6.45, 7) is 3.73. The highest BCUT2D eigenvalue weighted by molar-refractivity contribution is 5.84. The van der Waals surface area contributed by atoms with Crippen LogP contribution in [0.4, 0.5) is 11.6 Å². The van der Waals surface area contributed by atoms with Crippen LogP contribution in [0, 0.1) is 6.92 Å². The van der Waals surface area contributed by atoms with Crippen molar-refractivity contribution in [2.24, 2.45) is 5.84 Å². The van der Waals surface area contributed by atoms with Gasteiger partial charge in [0, 0.05) is 17.5 Å². The predicted octanol–water partition coefficient (Wildman–Crippen LogP) is 1.03. The molecule has 21 heavy (non-hydrogen) atoms. The van der Waals surface area contributed by atoms with Crippen molar-refractivity contribution in [1.82, 2.24) is 15.3 Å². The van der Waals surface area contributed by atoms with Crippen LogP contribution >= 0.6 is 0 Å². The SMILES string of the molecule is Cc1c(NN)nc(C2CC2)nc1NC(C)C(=O)NC1CC1. The molecular weight excluding hydrogens is 268 g/mol. The van der Waals surface area contributed by atoms with Gasteiger partial charge in [0.1, 0.15) is 23.5 Å². The number of nitrogens with one attached hydrogen (secondary N) is 3. The van der Waals surface area contributed by atoms with E-state index < -0.39 is 0 Å². The molecule has 0 bridgehead atoms. The molecule has 2 saturated carbocycles. The molecule has 3 rings (SSSR count). The molecule has 0 spiro atoms. The third-order valence-corrected chi connectivity index (χ3v) is 3.91. The summed E-state index contributed by atoms with van der Waals surface area (Å²) >= 11 is 0. The fourth-order valence-electron chi connectivity index (χ4n) is 2.16. The van der Waals surface area contributed by atoms with Crippen LogP contribution < -0.4 is 21.9 Å². The number of rotatable bonds is 6. The maximum absolute atomic E-state index is 12.0. The summed E-state index contributed by atoms with van der Waals surface area (Å²) < 4.78 is 0. The Morgan fingerprint density at radius 2 is 1.90 bits per heavy atom. The second-order valence-electron chi connectivity index (χ2n) is 5.97. The van der Waals surface area contributed by atoms with Crippen LogP contribution in [-0.4, -0.2) is 28.0 Å². The van der Waals surface area contributed by atoms with Gasteiger partial charge in [-0.2, -0.15) is 0 Å². The molecule has 2 aliphatic rings. The number of carbonyl (C=O) groups is 1. The number of hydrogen-bond donors (Lipinski definition) is 4. The molecule has 1 atom stereocenters. The second-order valence-corrected chi connectivity index (χ2v) is 5.97. The van der Waals surface area contributed by atoms with Crippen molar-refractivity contribution in [3.8, 4) is 0 Å². The lowest BCUT2D eigenvalue weighted by atomic mass is 10.2. The summed E-state index contributed by atoms with van der Waals surface area (Å²) in [6, 6.07) is 0.0217. The van der Waals surface area contributed by atoms with Crippen LogP contribution in [0.5, 0.6) is 0 Å². The van der Waals surface area contributed by atoms with Gasteiger partial charge in [-0.25, -0.2) is 15.8 Å². The van der Waals surface area contributed by atoms with E-state index in [1.807, 2.05) is 13.8 Å². The van der Waals surface area contributed by atoms with Crippen molar-refractivity contribution in [2.45, 2.75) is 57.5 Å². The number of amides is 1. The molecule has 0 saturated heterocycles. The molecule has 7 nitrogen and oxygen atoms in total. The summed E-state index contributed by atoms with van der Waals surface area (Å²) in [4.78, 5) is 21.0. The van der Waals surface area contributed by atoms with Gasteiger partial charge in [0.25, 0.3) is 0 Å².